The first-order valence-electron chi connectivity index (χ1n) is 6.25. The van der Waals surface area contributed by atoms with E-state index in [1.807, 2.05) is 13.0 Å². The van der Waals surface area contributed by atoms with Crippen molar-refractivity contribution in [3.63, 3.8) is 0 Å². The molecular formula is C15H16FN3O. The predicted molar refractivity (Wildman–Crippen MR) is 75.7 cm³/mol. The first-order valence-corrected chi connectivity index (χ1v) is 6.25. The number of amides is 1. The summed E-state index contributed by atoms with van der Waals surface area (Å²) in [7, 11) is 0. The van der Waals surface area contributed by atoms with Crippen LogP contribution in [0, 0.1) is 12.7 Å². The minimum Gasteiger partial charge on any atom is -0.399 e. The molecule has 3 N–H and O–H groups in total. The highest BCUT2D eigenvalue weighted by molar-refractivity contribution is 5.95. The standard InChI is InChI=1S/C15H16FN3O/c1-9-6-12(17)7-13(14(9)16)15(20)19-10(2)11-4-3-5-18-8-11/h3-8,10H,17H2,1-2H3,(H,19,20). The Hall–Kier alpha value is -2.43. The monoisotopic (exact) mass is 273 g/mol. The molecule has 0 radical (unpaired) electrons. The van der Waals surface area contributed by atoms with E-state index in [-0.39, 0.29) is 11.6 Å². The molecule has 1 aromatic heterocycles. The smallest absolute Gasteiger partial charge is 0.254 e. The number of rotatable bonds is 3. The number of aromatic nitrogens is 1. The molecule has 1 amide bonds. The fourth-order valence-electron chi connectivity index (χ4n) is 1.95. The molecule has 1 aromatic carbocycles. The first kappa shape index (κ1) is 14.0. The number of pyridine rings is 1. The molecule has 2 aromatic rings. The molecule has 0 aliphatic carbocycles. The Kier molecular flexibility index (Phi) is 3.98. The molecule has 4 nitrogen and oxygen atoms in total. The van der Waals surface area contributed by atoms with Crippen LogP contribution in [0.1, 0.15) is 34.5 Å². The van der Waals surface area contributed by atoms with Gasteiger partial charge in [-0.1, -0.05) is 6.07 Å². The van der Waals surface area contributed by atoms with Crippen molar-refractivity contribution in [2.45, 2.75) is 19.9 Å². The molecule has 20 heavy (non-hydrogen) atoms. The second-order valence-electron chi connectivity index (χ2n) is 4.68. The van der Waals surface area contributed by atoms with Crippen LogP contribution in [0.5, 0.6) is 0 Å². The summed E-state index contributed by atoms with van der Waals surface area (Å²) in [4.78, 5) is 16.1. The van der Waals surface area contributed by atoms with Gasteiger partial charge < -0.3 is 11.1 Å². The normalized spacial score (nSPS) is 11.9. The molecule has 0 bridgehead atoms. The zero-order valence-corrected chi connectivity index (χ0v) is 11.4. The van der Waals surface area contributed by atoms with Gasteiger partial charge >= 0.3 is 0 Å². The van der Waals surface area contributed by atoms with Crippen molar-refractivity contribution in [2.75, 3.05) is 5.73 Å². The third-order valence-corrected chi connectivity index (χ3v) is 3.05. The largest absolute Gasteiger partial charge is 0.399 e. The van der Waals surface area contributed by atoms with Crippen molar-refractivity contribution in [1.82, 2.24) is 10.3 Å². The number of anilines is 1. The molecule has 1 atom stereocenters. The quantitative estimate of drug-likeness (QED) is 0.845. The zero-order valence-electron chi connectivity index (χ0n) is 11.4. The maximum absolute atomic E-state index is 14.0. The lowest BCUT2D eigenvalue weighted by Gasteiger charge is -2.15. The van der Waals surface area contributed by atoms with Crippen molar-refractivity contribution in [3.05, 3.63) is 59.2 Å². The molecule has 5 heteroatoms. The number of carbonyl (C=O) groups excluding carboxylic acids is 1. The molecule has 0 aliphatic rings. The zero-order chi connectivity index (χ0) is 14.7. The number of hydrogen-bond donors (Lipinski definition) is 2. The molecule has 0 saturated carbocycles. The van der Waals surface area contributed by atoms with Crippen LogP contribution in [0.3, 0.4) is 0 Å². The highest BCUT2D eigenvalue weighted by Crippen LogP contribution is 2.18. The number of benzene rings is 1. The predicted octanol–water partition coefficient (Wildman–Crippen LogP) is 2.60. The van der Waals surface area contributed by atoms with E-state index < -0.39 is 11.7 Å². The average Bonchev–Trinajstić information content (AvgIpc) is 2.43. The van der Waals surface area contributed by atoms with E-state index in [1.165, 1.54) is 12.1 Å². The van der Waals surface area contributed by atoms with Gasteiger partial charge in [-0.05, 0) is 43.2 Å². The van der Waals surface area contributed by atoms with Crippen LogP contribution in [0.15, 0.2) is 36.7 Å². The number of nitrogens with two attached hydrogens (primary N) is 1. The number of halogens is 1. The van der Waals surface area contributed by atoms with Crippen molar-refractivity contribution in [2.24, 2.45) is 0 Å². The minimum atomic E-state index is -0.546. The fraction of sp³-hybridized carbons (Fsp3) is 0.200. The molecular weight excluding hydrogens is 257 g/mol. The summed E-state index contributed by atoms with van der Waals surface area (Å²) in [6.07, 6.45) is 3.31. The van der Waals surface area contributed by atoms with E-state index in [2.05, 4.69) is 10.3 Å². The summed E-state index contributed by atoms with van der Waals surface area (Å²) < 4.78 is 14.0. The molecule has 104 valence electrons. The molecule has 1 heterocycles. The number of aryl methyl sites for hydroxylation is 1. The van der Waals surface area contributed by atoms with E-state index in [0.29, 0.717) is 11.3 Å². The summed E-state index contributed by atoms with van der Waals surface area (Å²) >= 11 is 0. The van der Waals surface area contributed by atoms with Gasteiger partial charge in [-0.2, -0.15) is 0 Å². The van der Waals surface area contributed by atoms with Gasteiger partial charge in [0, 0.05) is 18.1 Å². The Morgan fingerprint density at radius 3 is 2.85 bits per heavy atom. The molecule has 2 rings (SSSR count). The van der Waals surface area contributed by atoms with Gasteiger partial charge in [-0.3, -0.25) is 9.78 Å². The Morgan fingerprint density at radius 1 is 1.45 bits per heavy atom. The van der Waals surface area contributed by atoms with Gasteiger partial charge in [0.1, 0.15) is 5.82 Å². The topological polar surface area (TPSA) is 68.0 Å². The Labute approximate surface area is 116 Å². The van der Waals surface area contributed by atoms with Gasteiger partial charge in [0.05, 0.1) is 11.6 Å². The van der Waals surface area contributed by atoms with Crippen LogP contribution in [-0.4, -0.2) is 10.9 Å². The molecule has 0 fully saturated rings. The van der Waals surface area contributed by atoms with Gasteiger partial charge in [0.25, 0.3) is 5.91 Å². The summed E-state index contributed by atoms with van der Waals surface area (Å²) in [5.74, 6) is -1.04. The molecule has 1 unspecified atom stereocenters. The van der Waals surface area contributed by atoms with Crippen molar-refractivity contribution in [1.29, 1.82) is 0 Å². The second-order valence-corrected chi connectivity index (χ2v) is 4.68. The van der Waals surface area contributed by atoms with Gasteiger partial charge in [0.15, 0.2) is 0 Å². The van der Waals surface area contributed by atoms with E-state index in [0.717, 1.165) is 5.56 Å². The van der Waals surface area contributed by atoms with Crippen LogP contribution in [-0.2, 0) is 0 Å². The fourth-order valence-corrected chi connectivity index (χ4v) is 1.95. The maximum Gasteiger partial charge on any atom is 0.254 e. The first-order chi connectivity index (χ1) is 9.49. The lowest BCUT2D eigenvalue weighted by Crippen LogP contribution is -2.27. The summed E-state index contributed by atoms with van der Waals surface area (Å²) in [5, 5.41) is 2.73. The van der Waals surface area contributed by atoms with Gasteiger partial charge in [-0.25, -0.2) is 4.39 Å². The molecule has 0 aliphatic heterocycles. The van der Waals surface area contributed by atoms with E-state index in [9.17, 15) is 9.18 Å². The Morgan fingerprint density at radius 2 is 2.20 bits per heavy atom. The van der Waals surface area contributed by atoms with Crippen LogP contribution in [0.2, 0.25) is 0 Å². The van der Waals surface area contributed by atoms with E-state index in [4.69, 9.17) is 5.73 Å². The third kappa shape index (κ3) is 2.93. The summed E-state index contributed by atoms with van der Waals surface area (Å²) in [6, 6.07) is 6.20. The summed E-state index contributed by atoms with van der Waals surface area (Å²) in [5.41, 5.74) is 7.17. The van der Waals surface area contributed by atoms with Crippen LogP contribution in [0.4, 0.5) is 10.1 Å². The van der Waals surface area contributed by atoms with Gasteiger partial charge in [-0.15, -0.1) is 0 Å². The average molecular weight is 273 g/mol. The Balaban J connectivity index is 2.21. The van der Waals surface area contributed by atoms with Crippen molar-refractivity contribution < 1.29 is 9.18 Å². The number of nitrogens with zero attached hydrogens (tertiary/aromatic N) is 1. The van der Waals surface area contributed by atoms with E-state index in [1.54, 1.807) is 25.4 Å². The molecule has 0 spiro atoms. The molecule has 0 saturated heterocycles. The van der Waals surface area contributed by atoms with Gasteiger partial charge in [0.2, 0.25) is 0 Å². The lowest BCUT2D eigenvalue weighted by atomic mass is 10.1. The second kappa shape index (κ2) is 5.69. The highest BCUT2D eigenvalue weighted by Gasteiger charge is 2.17. The highest BCUT2D eigenvalue weighted by atomic mass is 19.1. The minimum absolute atomic E-state index is 0.0433. The lowest BCUT2D eigenvalue weighted by molar-refractivity contribution is 0.0935. The number of carbonyl (C=O) groups is 1. The van der Waals surface area contributed by atoms with Crippen LogP contribution in [0.25, 0.3) is 0 Å². The van der Waals surface area contributed by atoms with Crippen molar-refractivity contribution in [3.8, 4) is 0 Å². The third-order valence-electron chi connectivity index (χ3n) is 3.05. The number of hydrogen-bond acceptors (Lipinski definition) is 3. The van der Waals surface area contributed by atoms with E-state index >= 15 is 0 Å². The van der Waals surface area contributed by atoms with Crippen LogP contribution < -0.4 is 11.1 Å². The SMILES string of the molecule is Cc1cc(N)cc(C(=O)NC(C)c2cccnc2)c1F. The summed E-state index contributed by atoms with van der Waals surface area (Å²) in [6.45, 7) is 3.39. The van der Waals surface area contributed by atoms with Crippen LogP contribution >= 0.6 is 0 Å². The number of nitrogen functional groups attached to an aromatic ring is 1. The number of nitrogens with one attached hydrogen (secondary N) is 1. The van der Waals surface area contributed by atoms with Crippen molar-refractivity contribution >= 4 is 11.6 Å². The maximum atomic E-state index is 14.0. The Bertz CT molecular complexity index is 629.